The van der Waals surface area contributed by atoms with Gasteiger partial charge in [0.1, 0.15) is 0 Å². The van der Waals surface area contributed by atoms with Gasteiger partial charge >= 0.3 is 0 Å². The predicted molar refractivity (Wildman–Crippen MR) is 113 cm³/mol. The fraction of sp³-hybridized carbons (Fsp3) is 0.273. The summed E-state index contributed by atoms with van der Waals surface area (Å²) in [5, 5.41) is 2.86. The Morgan fingerprint density at radius 1 is 1.07 bits per heavy atom. The quantitative estimate of drug-likeness (QED) is 0.591. The van der Waals surface area contributed by atoms with Gasteiger partial charge in [-0.2, -0.15) is 4.31 Å². The number of aromatic nitrogens is 2. The molecule has 1 aliphatic heterocycles. The van der Waals surface area contributed by atoms with Crippen LogP contribution in [0.1, 0.15) is 27.9 Å². The molecule has 0 spiro atoms. The van der Waals surface area contributed by atoms with Gasteiger partial charge in [-0.15, -0.1) is 0 Å². The smallest absolute Gasteiger partial charge is 0.251 e. The van der Waals surface area contributed by atoms with Gasteiger partial charge < -0.3 is 9.88 Å². The summed E-state index contributed by atoms with van der Waals surface area (Å²) in [6.45, 7) is 2.14. The standard InChI is InChI=1S/C22H24N4O3S/c27-22(24-11-3-13-25-15-12-23-17-25)19-6-8-21(9-7-19)30(28,29)26-14-10-18-4-1-2-5-20(18)16-26/h1-2,4-9,12,15,17H,3,10-11,13-14,16H2,(H,24,27). The van der Waals surface area contributed by atoms with Crippen LogP contribution in [0.2, 0.25) is 0 Å². The molecule has 0 fully saturated rings. The highest BCUT2D eigenvalue weighted by molar-refractivity contribution is 7.89. The molecule has 0 aliphatic carbocycles. The lowest BCUT2D eigenvalue weighted by molar-refractivity contribution is 0.0952. The Labute approximate surface area is 176 Å². The number of nitrogens with zero attached hydrogens (tertiary/aromatic N) is 3. The topological polar surface area (TPSA) is 84.3 Å². The summed E-state index contributed by atoms with van der Waals surface area (Å²) in [6.07, 6.45) is 6.82. The lowest BCUT2D eigenvalue weighted by Gasteiger charge is -2.28. The molecule has 2 heterocycles. The van der Waals surface area contributed by atoms with Crippen LogP contribution in [0.15, 0.2) is 72.1 Å². The Hall–Kier alpha value is -2.97. The average molecular weight is 425 g/mol. The molecule has 1 N–H and O–H groups in total. The monoisotopic (exact) mass is 424 g/mol. The SMILES string of the molecule is O=C(NCCCn1ccnc1)c1ccc(S(=O)(=O)N2CCc3ccccc3C2)cc1. The van der Waals surface area contributed by atoms with E-state index in [1.807, 2.05) is 35.0 Å². The van der Waals surface area contributed by atoms with Crippen molar-refractivity contribution in [2.24, 2.45) is 0 Å². The van der Waals surface area contributed by atoms with Crippen molar-refractivity contribution < 1.29 is 13.2 Å². The van der Waals surface area contributed by atoms with Crippen LogP contribution in [-0.4, -0.2) is 41.3 Å². The van der Waals surface area contributed by atoms with Gasteiger partial charge in [0, 0.05) is 44.1 Å². The number of hydrogen-bond donors (Lipinski definition) is 1. The molecule has 1 amide bonds. The van der Waals surface area contributed by atoms with Crippen LogP contribution < -0.4 is 5.32 Å². The van der Waals surface area contributed by atoms with Gasteiger partial charge in [0.05, 0.1) is 11.2 Å². The van der Waals surface area contributed by atoms with Crippen LogP contribution in [-0.2, 0) is 29.5 Å². The fourth-order valence-corrected chi connectivity index (χ4v) is 5.01. The maximum atomic E-state index is 13.0. The highest BCUT2D eigenvalue weighted by atomic mass is 32.2. The van der Waals surface area contributed by atoms with Crippen molar-refractivity contribution in [1.82, 2.24) is 19.2 Å². The fourth-order valence-electron chi connectivity index (χ4n) is 3.59. The predicted octanol–water partition coefficient (Wildman–Crippen LogP) is 2.45. The van der Waals surface area contributed by atoms with Crippen molar-refractivity contribution >= 4 is 15.9 Å². The maximum Gasteiger partial charge on any atom is 0.251 e. The minimum atomic E-state index is -3.60. The van der Waals surface area contributed by atoms with Crippen LogP contribution in [0.4, 0.5) is 0 Å². The van der Waals surface area contributed by atoms with E-state index in [1.54, 1.807) is 24.7 Å². The van der Waals surface area contributed by atoms with Gasteiger partial charge in [-0.3, -0.25) is 4.79 Å². The van der Waals surface area contributed by atoms with Crippen LogP contribution in [0.5, 0.6) is 0 Å². The van der Waals surface area contributed by atoms with Gasteiger partial charge in [-0.1, -0.05) is 24.3 Å². The van der Waals surface area contributed by atoms with E-state index in [0.29, 0.717) is 31.6 Å². The van der Waals surface area contributed by atoms with Gasteiger partial charge in [0.15, 0.2) is 0 Å². The number of sulfonamides is 1. The zero-order valence-corrected chi connectivity index (χ0v) is 17.4. The number of imidazole rings is 1. The van der Waals surface area contributed by atoms with Gasteiger partial charge in [0.2, 0.25) is 10.0 Å². The molecule has 4 rings (SSSR count). The summed E-state index contributed by atoms with van der Waals surface area (Å²) in [7, 11) is -3.60. The van der Waals surface area contributed by atoms with Crippen LogP contribution in [0.3, 0.4) is 0 Å². The number of fused-ring (bicyclic) bond motifs is 1. The Bertz CT molecular complexity index is 1110. The molecule has 2 aromatic carbocycles. The lowest BCUT2D eigenvalue weighted by Crippen LogP contribution is -2.36. The number of carbonyl (C=O) groups is 1. The van der Waals surface area contributed by atoms with Gasteiger partial charge in [0.25, 0.3) is 5.91 Å². The van der Waals surface area contributed by atoms with Gasteiger partial charge in [-0.25, -0.2) is 13.4 Å². The third-order valence-electron chi connectivity index (χ3n) is 5.29. The van der Waals surface area contributed by atoms with E-state index in [4.69, 9.17) is 0 Å². The van der Waals surface area contributed by atoms with Crippen molar-refractivity contribution in [3.8, 4) is 0 Å². The zero-order valence-electron chi connectivity index (χ0n) is 16.6. The van der Waals surface area contributed by atoms with E-state index in [1.165, 1.54) is 22.0 Å². The minimum Gasteiger partial charge on any atom is -0.352 e. The second kappa shape index (κ2) is 8.81. The number of hydrogen-bond acceptors (Lipinski definition) is 4. The molecule has 3 aromatic rings. The van der Waals surface area contributed by atoms with Crippen molar-refractivity contribution in [2.45, 2.75) is 30.8 Å². The molecular weight excluding hydrogens is 400 g/mol. The molecule has 30 heavy (non-hydrogen) atoms. The third-order valence-corrected chi connectivity index (χ3v) is 7.15. The maximum absolute atomic E-state index is 13.0. The van der Waals surface area contributed by atoms with Crippen LogP contribution in [0.25, 0.3) is 0 Å². The number of carbonyl (C=O) groups excluding carboxylic acids is 1. The van der Waals surface area contributed by atoms with E-state index >= 15 is 0 Å². The Balaban J connectivity index is 1.36. The minimum absolute atomic E-state index is 0.207. The summed E-state index contributed by atoms with van der Waals surface area (Å²) in [4.78, 5) is 16.5. The van der Waals surface area contributed by atoms with E-state index in [2.05, 4.69) is 10.3 Å². The number of aryl methyl sites for hydroxylation is 1. The second-order valence-electron chi connectivity index (χ2n) is 7.29. The molecule has 156 valence electrons. The van der Waals surface area contributed by atoms with E-state index in [0.717, 1.165) is 18.5 Å². The largest absolute Gasteiger partial charge is 0.352 e. The number of benzene rings is 2. The molecular formula is C22H24N4O3S. The van der Waals surface area contributed by atoms with Gasteiger partial charge in [-0.05, 0) is 48.2 Å². The average Bonchev–Trinajstić information content (AvgIpc) is 3.30. The Morgan fingerprint density at radius 2 is 1.83 bits per heavy atom. The highest BCUT2D eigenvalue weighted by Crippen LogP contribution is 2.25. The number of rotatable bonds is 7. The van der Waals surface area contributed by atoms with Crippen molar-refractivity contribution in [3.63, 3.8) is 0 Å². The summed E-state index contributed by atoms with van der Waals surface area (Å²) in [5.74, 6) is -0.212. The zero-order chi connectivity index (χ0) is 21.0. The summed E-state index contributed by atoms with van der Waals surface area (Å²) < 4.78 is 29.5. The van der Waals surface area contributed by atoms with E-state index in [-0.39, 0.29) is 10.8 Å². The summed E-state index contributed by atoms with van der Waals surface area (Å²) in [5.41, 5.74) is 2.68. The van der Waals surface area contributed by atoms with E-state index < -0.39 is 10.0 Å². The molecule has 0 bridgehead atoms. The van der Waals surface area contributed by atoms with Crippen LogP contribution in [0, 0.1) is 0 Å². The van der Waals surface area contributed by atoms with Crippen molar-refractivity contribution in [2.75, 3.05) is 13.1 Å². The Kier molecular flexibility index (Phi) is 5.96. The highest BCUT2D eigenvalue weighted by Gasteiger charge is 2.28. The molecule has 0 unspecified atom stereocenters. The third kappa shape index (κ3) is 4.44. The second-order valence-corrected chi connectivity index (χ2v) is 9.23. The van der Waals surface area contributed by atoms with Crippen molar-refractivity contribution in [3.05, 3.63) is 83.9 Å². The lowest BCUT2D eigenvalue weighted by atomic mass is 10.0. The molecule has 7 nitrogen and oxygen atoms in total. The Morgan fingerprint density at radius 3 is 2.57 bits per heavy atom. The molecule has 1 aromatic heterocycles. The molecule has 0 atom stereocenters. The number of amides is 1. The van der Waals surface area contributed by atoms with Crippen molar-refractivity contribution in [1.29, 1.82) is 0 Å². The number of nitrogens with one attached hydrogen (secondary N) is 1. The molecule has 0 saturated heterocycles. The molecule has 0 radical (unpaired) electrons. The first-order valence-electron chi connectivity index (χ1n) is 9.95. The van der Waals surface area contributed by atoms with Crippen LogP contribution >= 0.6 is 0 Å². The first-order valence-corrected chi connectivity index (χ1v) is 11.4. The molecule has 8 heteroatoms. The molecule has 1 aliphatic rings. The summed E-state index contributed by atoms with van der Waals surface area (Å²) >= 11 is 0. The first-order chi connectivity index (χ1) is 14.5. The first kappa shape index (κ1) is 20.3. The van der Waals surface area contributed by atoms with E-state index in [9.17, 15) is 13.2 Å². The normalized spacial score (nSPS) is 14.3. The summed E-state index contributed by atoms with van der Waals surface area (Å²) in [6, 6.07) is 14.1. The molecule has 0 saturated carbocycles.